The van der Waals surface area contributed by atoms with Gasteiger partial charge in [0, 0.05) is 6.20 Å². The first-order valence-electron chi connectivity index (χ1n) is 5.49. The Morgan fingerprint density at radius 3 is 3.05 bits per heavy atom. The standard InChI is InChI=1S/C12H9ClN4S2/c13-7-4-8-11(15-5-7)17(6-10(14)18)12(16-8)9-2-1-3-19-9/h1-5H,6H2,(H2,14,18). The first-order valence-corrected chi connectivity index (χ1v) is 7.15. The minimum Gasteiger partial charge on any atom is -0.392 e. The summed E-state index contributed by atoms with van der Waals surface area (Å²) in [6.45, 7) is 0.410. The highest BCUT2D eigenvalue weighted by Gasteiger charge is 2.15. The van der Waals surface area contributed by atoms with Crippen molar-refractivity contribution in [1.82, 2.24) is 14.5 Å². The van der Waals surface area contributed by atoms with Crippen LogP contribution in [0, 0.1) is 0 Å². The fourth-order valence-electron chi connectivity index (χ4n) is 1.89. The number of pyridine rings is 1. The van der Waals surface area contributed by atoms with E-state index in [4.69, 9.17) is 29.6 Å². The number of fused-ring (bicyclic) bond motifs is 1. The minimum absolute atomic E-state index is 0.397. The Balaban J connectivity index is 2.27. The maximum Gasteiger partial charge on any atom is 0.160 e. The second-order valence-electron chi connectivity index (χ2n) is 3.96. The molecule has 96 valence electrons. The van der Waals surface area contributed by atoms with Crippen molar-refractivity contribution in [2.45, 2.75) is 6.54 Å². The fraction of sp³-hybridized carbons (Fsp3) is 0.0833. The maximum absolute atomic E-state index is 5.95. The molecule has 0 fully saturated rings. The summed E-state index contributed by atoms with van der Waals surface area (Å²) in [7, 11) is 0. The topological polar surface area (TPSA) is 56.7 Å². The van der Waals surface area contributed by atoms with Gasteiger partial charge in [0.1, 0.15) is 5.52 Å². The van der Waals surface area contributed by atoms with Crippen molar-refractivity contribution < 1.29 is 0 Å². The lowest BCUT2D eigenvalue weighted by atomic mass is 10.4. The minimum atomic E-state index is 0.397. The van der Waals surface area contributed by atoms with Crippen LogP contribution in [0.5, 0.6) is 0 Å². The maximum atomic E-state index is 5.95. The van der Waals surface area contributed by atoms with Gasteiger partial charge in [0.05, 0.1) is 21.4 Å². The molecule has 3 rings (SSSR count). The van der Waals surface area contributed by atoms with Crippen LogP contribution in [0.25, 0.3) is 21.9 Å². The van der Waals surface area contributed by atoms with Crippen molar-refractivity contribution in [1.29, 1.82) is 0 Å². The molecule has 7 heteroatoms. The molecule has 0 aliphatic carbocycles. The number of nitrogens with two attached hydrogens (primary N) is 1. The summed E-state index contributed by atoms with van der Waals surface area (Å²) in [4.78, 5) is 10.3. The van der Waals surface area contributed by atoms with E-state index in [9.17, 15) is 0 Å². The van der Waals surface area contributed by atoms with E-state index in [1.807, 2.05) is 22.1 Å². The Morgan fingerprint density at radius 1 is 1.53 bits per heavy atom. The molecule has 0 aliphatic rings. The lowest BCUT2D eigenvalue weighted by molar-refractivity contribution is 0.884. The van der Waals surface area contributed by atoms with Gasteiger partial charge in [-0.25, -0.2) is 9.97 Å². The first kappa shape index (κ1) is 12.5. The summed E-state index contributed by atoms with van der Waals surface area (Å²) in [5, 5.41) is 2.56. The number of nitrogens with zero attached hydrogens (tertiary/aromatic N) is 3. The zero-order valence-electron chi connectivity index (χ0n) is 9.71. The summed E-state index contributed by atoms with van der Waals surface area (Å²) >= 11 is 12.6. The molecule has 0 atom stereocenters. The van der Waals surface area contributed by atoms with Crippen LogP contribution in [0.15, 0.2) is 29.8 Å². The second kappa shape index (κ2) is 4.88. The average Bonchev–Trinajstić information content (AvgIpc) is 2.96. The van der Waals surface area contributed by atoms with Gasteiger partial charge in [0.25, 0.3) is 0 Å². The zero-order chi connectivity index (χ0) is 13.4. The lowest BCUT2D eigenvalue weighted by Gasteiger charge is -2.05. The van der Waals surface area contributed by atoms with Crippen molar-refractivity contribution in [3.05, 3.63) is 34.8 Å². The smallest absolute Gasteiger partial charge is 0.160 e. The second-order valence-corrected chi connectivity index (χ2v) is 5.87. The molecular weight excluding hydrogens is 300 g/mol. The van der Waals surface area contributed by atoms with E-state index in [1.165, 1.54) is 0 Å². The van der Waals surface area contributed by atoms with Gasteiger partial charge in [-0.15, -0.1) is 11.3 Å². The van der Waals surface area contributed by atoms with Crippen LogP contribution >= 0.6 is 35.2 Å². The monoisotopic (exact) mass is 308 g/mol. The van der Waals surface area contributed by atoms with Gasteiger partial charge >= 0.3 is 0 Å². The molecule has 4 nitrogen and oxygen atoms in total. The number of thiophene rings is 1. The number of hydrogen-bond donors (Lipinski definition) is 1. The van der Waals surface area contributed by atoms with Crippen molar-refractivity contribution in [2.24, 2.45) is 5.73 Å². The van der Waals surface area contributed by atoms with Crippen LogP contribution in [0.3, 0.4) is 0 Å². The normalized spacial score (nSPS) is 11.0. The third-order valence-electron chi connectivity index (χ3n) is 2.61. The van der Waals surface area contributed by atoms with Gasteiger partial charge < -0.3 is 10.3 Å². The Hall–Kier alpha value is -1.50. The predicted molar refractivity (Wildman–Crippen MR) is 82.6 cm³/mol. The van der Waals surface area contributed by atoms with E-state index < -0.39 is 0 Å². The molecule has 0 radical (unpaired) electrons. The Labute approximate surface area is 123 Å². The third kappa shape index (κ3) is 2.34. The van der Waals surface area contributed by atoms with Gasteiger partial charge in [-0.1, -0.05) is 29.9 Å². The number of imidazole rings is 1. The molecular formula is C12H9ClN4S2. The van der Waals surface area contributed by atoms with E-state index in [2.05, 4.69) is 9.97 Å². The van der Waals surface area contributed by atoms with Gasteiger partial charge in [-0.2, -0.15) is 0 Å². The number of aromatic nitrogens is 3. The van der Waals surface area contributed by atoms with Crippen molar-refractivity contribution in [3.8, 4) is 10.7 Å². The number of rotatable bonds is 3. The summed E-state index contributed by atoms with van der Waals surface area (Å²) in [6.07, 6.45) is 1.60. The van der Waals surface area contributed by atoms with Gasteiger partial charge in [0.15, 0.2) is 11.5 Å². The van der Waals surface area contributed by atoms with Gasteiger partial charge in [-0.3, -0.25) is 0 Å². The van der Waals surface area contributed by atoms with Crippen LogP contribution in [0.1, 0.15) is 0 Å². The van der Waals surface area contributed by atoms with Crippen molar-refractivity contribution in [2.75, 3.05) is 0 Å². The SMILES string of the molecule is NC(=S)Cn1c(-c2cccs2)nc2cc(Cl)cnc21. The van der Waals surface area contributed by atoms with E-state index in [1.54, 1.807) is 23.6 Å². The van der Waals surface area contributed by atoms with Crippen LogP contribution in [0.2, 0.25) is 5.02 Å². The van der Waals surface area contributed by atoms with Crippen LogP contribution in [-0.2, 0) is 6.54 Å². The Kier molecular flexibility index (Phi) is 3.22. The number of thiocarbonyl (C=S) groups is 1. The Bertz CT molecular complexity index is 749. The molecule has 3 aromatic heterocycles. The molecule has 0 saturated heterocycles. The van der Waals surface area contributed by atoms with E-state index in [0.29, 0.717) is 16.6 Å². The third-order valence-corrected chi connectivity index (χ3v) is 3.81. The largest absolute Gasteiger partial charge is 0.392 e. The van der Waals surface area contributed by atoms with E-state index >= 15 is 0 Å². The molecule has 0 amide bonds. The predicted octanol–water partition coefficient (Wildman–Crippen LogP) is 3.10. The van der Waals surface area contributed by atoms with Crippen molar-refractivity contribution in [3.63, 3.8) is 0 Å². The molecule has 0 aromatic carbocycles. The molecule has 0 spiro atoms. The molecule has 2 N–H and O–H groups in total. The highest BCUT2D eigenvalue weighted by Crippen LogP contribution is 2.28. The number of hydrogen-bond acceptors (Lipinski definition) is 4. The molecule has 0 aliphatic heterocycles. The van der Waals surface area contributed by atoms with Crippen molar-refractivity contribution >= 4 is 51.3 Å². The fourth-order valence-corrected chi connectivity index (χ4v) is 2.89. The van der Waals surface area contributed by atoms with Crippen LogP contribution in [0.4, 0.5) is 0 Å². The van der Waals surface area contributed by atoms with Crippen LogP contribution in [-0.4, -0.2) is 19.5 Å². The quantitative estimate of drug-likeness (QED) is 0.755. The Morgan fingerprint density at radius 2 is 2.37 bits per heavy atom. The summed E-state index contributed by atoms with van der Waals surface area (Å²) < 4.78 is 1.92. The summed E-state index contributed by atoms with van der Waals surface area (Å²) in [5.74, 6) is 0.813. The zero-order valence-corrected chi connectivity index (χ0v) is 12.1. The number of halogens is 1. The van der Waals surface area contributed by atoms with Gasteiger partial charge in [0.2, 0.25) is 0 Å². The molecule has 3 heterocycles. The summed E-state index contributed by atoms with van der Waals surface area (Å²) in [5.41, 5.74) is 7.14. The highest BCUT2D eigenvalue weighted by atomic mass is 35.5. The summed E-state index contributed by atoms with van der Waals surface area (Å²) in [6, 6.07) is 5.77. The first-order chi connectivity index (χ1) is 9.15. The molecule has 0 unspecified atom stereocenters. The molecule has 0 saturated carbocycles. The van der Waals surface area contributed by atoms with Gasteiger partial charge in [-0.05, 0) is 17.5 Å². The molecule has 19 heavy (non-hydrogen) atoms. The average molecular weight is 309 g/mol. The van der Waals surface area contributed by atoms with E-state index in [-0.39, 0.29) is 0 Å². The molecule has 3 aromatic rings. The molecule has 0 bridgehead atoms. The highest BCUT2D eigenvalue weighted by molar-refractivity contribution is 7.80. The van der Waals surface area contributed by atoms with E-state index in [0.717, 1.165) is 21.9 Å². The van der Waals surface area contributed by atoms with Crippen LogP contribution < -0.4 is 5.73 Å². The lowest BCUT2D eigenvalue weighted by Crippen LogP contribution is -2.17.